The van der Waals surface area contributed by atoms with Crippen molar-refractivity contribution in [3.05, 3.63) is 58.4 Å². The molecule has 3 N–H and O–H groups in total. The molecule has 2 aliphatic rings. The third kappa shape index (κ3) is 5.25. The molecule has 0 bridgehead atoms. The van der Waals surface area contributed by atoms with E-state index >= 15 is 0 Å². The Morgan fingerprint density at radius 2 is 1.83 bits per heavy atom. The number of halogens is 2. The summed E-state index contributed by atoms with van der Waals surface area (Å²) in [6.07, 6.45) is 0. The number of nitrogens with one attached hydrogen (secondary N) is 3. The number of benzene rings is 2. The second kappa shape index (κ2) is 9.09. The Bertz CT molecular complexity index is 870. The van der Waals surface area contributed by atoms with E-state index in [4.69, 9.17) is 21.1 Å². The minimum absolute atomic E-state index is 0.0487. The van der Waals surface area contributed by atoms with Crippen LogP contribution in [0.1, 0.15) is 11.1 Å². The van der Waals surface area contributed by atoms with Gasteiger partial charge in [0.05, 0.1) is 12.2 Å². The van der Waals surface area contributed by atoms with Crippen LogP contribution in [0.15, 0.2) is 36.4 Å². The zero-order chi connectivity index (χ0) is 20.2. The van der Waals surface area contributed by atoms with Crippen molar-refractivity contribution in [1.29, 1.82) is 0 Å². The van der Waals surface area contributed by atoms with Gasteiger partial charge in [-0.2, -0.15) is 0 Å². The van der Waals surface area contributed by atoms with E-state index in [9.17, 15) is 9.18 Å². The van der Waals surface area contributed by atoms with Gasteiger partial charge in [-0.25, -0.2) is 4.39 Å². The highest BCUT2D eigenvalue weighted by Crippen LogP contribution is 2.31. The first-order valence-electron chi connectivity index (χ1n) is 9.81. The molecule has 0 spiro atoms. The average molecular weight is 422 g/mol. The summed E-state index contributed by atoms with van der Waals surface area (Å²) in [6, 6.07) is 9.71. The minimum Gasteiger partial charge on any atom is -0.467 e. The van der Waals surface area contributed by atoms with Gasteiger partial charge in [-0.15, -0.1) is 0 Å². The second-order valence-corrected chi connectivity index (χ2v) is 8.01. The fourth-order valence-corrected chi connectivity index (χ4v) is 4.20. The van der Waals surface area contributed by atoms with Crippen molar-refractivity contribution in [2.45, 2.75) is 13.2 Å². The molecule has 0 radical (unpaired) electrons. The summed E-state index contributed by atoms with van der Waals surface area (Å²) < 4.78 is 24.0. The highest BCUT2D eigenvalue weighted by molar-refractivity contribution is 6.30. The van der Waals surface area contributed by atoms with Crippen LogP contribution >= 0.6 is 11.6 Å². The van der Waals surface area contributed by atoms with Crippen molar-refractivity contribution in [2.75, 3.05) is 44.8 Å². The first-order valence-corrected chi connectivity index (χ1v) is 10.2. The normalized spacial score (nSPS) is 21.2. The lowest BCUT2D eigenvalue weighted by Crippen LogP contribution is -3.28. The predicted octanol–water partition coefficient (Wildman–Crippen LogP) is 0.268. The third-order valence-electron chi connectivity index (χ3n) is 5.39. The topological polar surface area (TPSA) is 56.4 Å². The van der Waals surface area contributed by atoms with Gasteiger partial charge in [0.15, 0.2) is 13.3 Å². The fourth-order valence-electron chi connectivity index (χ4n) is 3.93. The summed E-state index contributed by atoms with van der Waals surface area (Å²) in [4.78, 5) is 15.0. The minimum atomic E-state index is -0.313. The molecule has 2 aromatic carbocycles. The lowest BCUT2D eigenvalue weighted by Gasteiger charge is -2.30. The van der Waals surface area contributed by atoms with Gasteiger partial charge < -0.3 is 24.6 Å². The van der Waals surface area contributed by atoms with Crippen molar-refractivity contribution in [3.63, 3.8) is 0 Å². The number of quaternary nitrogens is 2. The van der Waals surface area contributed by atoms with Gasteiger partial charge in [0, 0.05) is 16.3 Å². The number of carbonyl (C=O) groups is 1. The summed E-state index contributed by atoms with van der Waals surface area (Å²) in [6.45, 7) is 5.83. The summed E-state index contributed by atoms with van der Waals surface area (Å²) in [7, 11) is 0. The SMILES string of the molecule is O=C(C[NH+]1CC[NH+](Cc2cc(Cl)cc3c2OCOC3)CC1)Nc1ccc(F)cc1. The Morgan fingerprint density at radius 3 is 2.59 bits per heavy atom. The lowest BCUT2D eigenvalue weighted by molar-refractivity contribution is -1.02. The van der Waals surface area contributed by atoms with Crippen LogP contribution in [0.3, 0.4) is 0 Å². The molecule has 2 aromatic rings. The van der Waals surface area contributed by atoms with E-state index in [1.807, 2.05) is 12.1 Å². The van der Waals surface area contributed by atoms with Crippen LogP contribution in [0, 0.1) is 5.82 Å². The van der Waals surface area contributed by atoms with Gasteiger partial charge in [-0.05, 0) is 36.4 Å². The molecule has 0 aromatic heterocycles. The number of anilines is 1. The van der Waals surface area contributed by atoms with Crippen LogP contribution in [0.2, 0.25) is 5.02 Å². The molecule has 0 aliphatic carbocycles. The maximum Gasteiger partial charge on any atom is 0.279 e. The highest BCUT2D eigenvalue weighted by atomic mass is 35.5. The van der Waals surface area contributed by atoms with E-state index in [1.54, 1.807) is 12.1 Å². The summed E-state index contributed by atoms with van der Waals surface area (Å²) in [5.74, 6) is 0.542. The summed E-state index contributed by atoms with van der Waals surface area (Å²) in [5.41, 5.74) is 2.73. The number of ether oxygens (including phenoxy) is 2. The number of hydrogen-bond acceptors (Lipinski definition) is 3. The third-order valence-corrected chi connectivity index (χ3v) is 5.61. The highest BCUT2D eigenvalue weighted by Gasteiger charge is 2.27. The number of hydrogen-bond donors (Lipinski definition) is 3. The lowest BCUT2D eigenvalue weighted by atomic mass is 10.1. The molecule has 2 aliphatic heterocycles. The van der Waals surface area contributed by atoms with Gasteiger partial charge in [0.1, 0.15) is 44.3 Å². The van der Waals surface area contributed by atoms with E-state index in [0.29, 0.717) is 23.9 Å². The Balaban J connectivity index is 1.28. The largest absolute Gasteiger partial charge is 0.467 e. The van der Waals surface area contributed by atoms with E-state index < -0.39 is 0 Å². The summed E-state index contributed by atoms with van der Waals surface area (Å²) in [5, 5.41) is 3.53. The van der Waals surface area contributed by atoms with E-state index in [-0.39, 0.29) is 18.5 Å². The van der Waals surface area contributed by atoms with Gasteiger partial charge in [0.2, 0.25) is 0 Å². The van der Waals surface area contributed by atoms with Gasteiger partial charge >= 0.3 is 0 Å². The maximum absolute atomic E-state index is 13.0. The van der Waals surface area contributed by atoms with Crippen LogP contribution in [0.25, 0.3) is 0 Å². The van der Waals surface area contributed by atoms with Crippen molar-refractivity contribution >= 4 is 23.2 Å². The van der Waals surface area contributed by atoms with Crippen LogP contribution < -0.4 is 19.9 Å². The van der Waals surface area contributed by atoms with Crippen LogP contribution in [0.5, 0.6) is 5.75 Å². The molecule has 4 rings (SSSR count). The number of piperazine rings is 1. The first-order chi connectivity index (χ1) is 14.1. The van der Waals surface area contributed by atoms with Crippen molar-refractivity contribution < 1.29 is 28.5 Å². The summed E-state index contributed by atoms with van der Waals surface area (Å²) >= 11 is 6.27. The first kappa shape index (κ1) is 20.1. The molecule has 0 atom stereocenters. The molecule has 0 saturated carbocycles. The molecule has 1 fully saturated rings. The molecular weight excluding hydrogens is 397 g/mol. The number of fused-ring (bicyclic) bond motifs is 1. The second-order valence-electron chi connectivity index (χ2n) is 7.57. The van der Waals surface area contributed by atoms with E-state index in [2.05, 4.69) is 5.32 Å². The van der Waals surface area contributed by atoms with Crippen LogP contribution in [-0.2, 0) is 22.7 Å². The van der Waals surface area contributed by atoms with E-state index in [0.717, 1.165) is 49.6 Å². The monoisotopic (exact) mass is 421 g/mol. The number of rotatable bonds is 5. The molecule has 29 heavy (non-hydrogen) atoms. The standard InChI is InChI=1S/C21H23ClFN3O3/c22-17-9-15(21-16(10-17)13-28-14-29-21)11-25-5-7-26(8-6-25)12-20(27)24-19-3-1-18(23)2-4-19/h1-4,9-10H,5-8,11-14H2,(H,24,27)/p+2. The zero-order valence-electron chi connectivity index (χ0n) is 16.1. The van der Waals surface area contributed by atoms with E-state index in [1.165, 1.54) is 21.9 Å². The van der Waals surface area contributed by atoms with Crippen LogP contribution in [-0.4, -0.2) is 45.4 Å². The van der Waals surface area contributed by atoms with Gasteiger partial charge in [-0.3, -0.25) is 4.79 Å². The Hall–Kier alpha value is -2.19. The van der Waals surface area contributed by atoms with Crippen molar-refractivity contribution in [2.24, 2.45) is 0 Å². The van der Waals surface area contributed by atoms with Crippen molar-refractivity contribution in [1.82, 2.24) is 0 Å². The molecule has 1 amide bonds. The molecule has 0 unspecified atom stereocenters. The van der Waals surface area contributed by atoms with Gasteiger partial charge in [-0.1, -0.05) is 11.6 Å². The average Bonchev–Trinajstić information content (AvgIpc) is 2.71. The van der Waals surface area contributed by atoms with Gasteiger partial charge in [0.25, 0.3) is 5.91 Å². The maximum atomic E-state index is 13.0. The number of carbonyl (C=O) groups excluding carboxylic acids is 1. The zero-order valence-corrected chi connectivity index (χ0v) is 16.9. The quantitative estimate of drug-likeness (QED) is 0.649. The molecule has 6 nitrogen and oxygen atoms in total. The predicted molar refractivity (Wildman–Crippen MR) is 107 cm³/mol. The molecule has 2 heterocycles. The Morgan fingerprint density at radius 1 is 1.10 bits per heavy atom. The number of amides is 1. The Kier molecular flexibility index (Phi) is 6.30. The molecule has 154 valence electrons. The van der Waals surface area contributed by atoms with Crippen molar-refractivity contribution in [3.8, 4) is 5.75 Å². The smallest absolute Gasteiger partial charge is 0.279 e. The van der Waals surface area contributed by atoms with Crippen LogP contribution in [0.4, 0.5) is 10.1 Å². The Labute approximate surface area is 174 Å². The fraction of sp³-hybridized carbons (Fsp3) is 0.381. The molecular formula is C21H25ClFN3O3+2. The molecule has 8 heteroatoms. The molecule has 1 saturated heterocycles.